The van der Waals surface area contributed by atoms with Crippen LogP contribution < -0.4 is 9.79 Å². The van der Waals surface area contributed by atoms with E-state index in [9.17, 15) is 18.9 Å². The van der Waals surface area contributed by atoms with Crippen LogP contribution in [-0.4, -0.2) is 12.3 Å². The first kappa shape index (κ1) is 47.8. The fraction of sp³-hybridized carbons (Fsp3) is 0.889. The van der Waals surface area contributed by atoms with Gasteiger partial charge in [0.05, 0.1) is 0 Å². The minimum Gasteiger partial charge on any atom is -0.802 e. The maximum absolute atomic E-state index is 10.4. The topological polar surface area (TPSA) is 80.3 Å². The Morgan fingerprint density at radius 2 is 0.581 bits per heavy atom. The average molecular weight is 690 g/mol. The van der Waals surface area contributed by atoms with Crippen LogP contribution in [0.25, 0.3) is 0 Å². The second-order valence-corrected chi connectivity index (χ2v) is 14.6. The van der Waals surface area contributed by atoms with Crippen molar-refractivity contribution in [3.63, 3.8) is 0 Å². The van der Waals surface area contributed by atoms with Gasteiger partial charge >= 0.3 is 16.5 Å². The summed E-state index contributed by atoms with van der Waals surface area (Å²) in [5.74, 6) is 0. The minimum atomic E-state index is -2.46. The fourth-order valence-corrected chi connectivity index (χ4v) is 6.11. The van der Waals surface area contributed by atoms with Gasteiger partial charge in [0.25, 0.3) is 0 Å². The fourth-order valence-electron chi connectivity index (χ4n) is 5.03. The molecule has 0 fully saturated rings. The quantitative estimate of drug-likeness (QED) is 0.0305. The number of unbranched alkanes of at least 4 members (excludes halogenated alkanes) is 24. The van der Waals surface area contributed by atoms with Crippen molar-refractivity contribution in [1.29, 1.82) is 0 Å². The molecule has 2 unspecified atom stereocenters. The molecule has 7 heteroatoms. The molecule has 0 rings (SSSR count). The van der Waals surface area contributed by atoms with Crippen molar-refractivity contribution in [1.82, 2.24) is 0 Å². The first-order chi connectivity index (χ1) is 20.5. The molecule has 0 radical (unpaired) electrons. The van der Waals surface area contributed by atoms with Crippen LogP contribution in [0.1, 0.15) is 194 Å². The molecule has 0 heterocycles. The molecule has 0 bridgehead atoms. The molecule has 4 nitrogen and oxygen atoms in total. The third-order valence-corrected chi connectivity index (χ3v) is 9.31. The van der Waals surface area contributed by atoms with E-state index in [1.165, 1.54) is 154 Å². The summed E-state index contributed by atoms with van der Waals surface area (Å²) in [7, 11) is -4.92. The molecule has 0 aromatic rings. The summed E-state index contributed by atoms with van der Waals surface area (Å²) in [6.07, 6.45) is 45.6. The summed E-state index contributed by atoms with van der Waals surface area (Å²) in [4.78, 5) is 20.8. The van der Waals surface area contributed by atoms with Gasteiger partial charge in [-0.3, -0.25) is 0 Å². The third kappa shape index (κ3) is 52.2. The van der Waals surface area contributed by atoms with Crippen LogP contribution in [0.3, 0.4) is 0 Å². The molecule has 0 amide bonds. The van der Waals surface area contributed by atoms with Crippen molar-refractivity contribution >= 4 is 16.1 Å². The molecule has 260 valence electrons. The maximum atomic E-state index is 10.4. The van der Waals surface area contributed by atoms with E-state index in [4.69, 9.17) is 0 Å². The minimum absolute atomic E-state index is 0. The number of hydrogen-bond donors (Lipinski definition) is 0. The number of hydrogen-bond acceptors (Lipinski definition) is 4. The Kier molecular flexibility index (Phi) is 49.4. The van der Waals surface area contributed by atoms with Crippen molar-refractivity contribution in [3.05, 3.63) is 24.3 Å². The Balaban J connectivity index is -0.000000727. The van der Waals surface area contributed by atoms with Gasteiger partial charge in [-0.1, -0.05) is 154 Å². The standard InChI is InChI=1S/2C18H37O2P.Ni/c2*1-2-3-4-5-6-7-8-9-10-11-12-13-14-15-16-17-18-21(19)20;/h2*9-10,21H,2-8,11-18H2,1H3,(H,19,20);/q;;+2/p-2. The van der Waals surface area contributed by atoms with Crippen molar-refractivity contribution < 1.29 is 35.4 Å². The summed E-state index contributed by atoms with van der Waals surface area (Å²) >= 11 is 0. The van der Waals surface area contributed by atoms with E-state index in [1.807, 2.05) is 0 Å². The van der Waals surface area contributed by atoms with Crippen molar-refractivity contribution in [2.45, 2.75) is 194 Å². The smallest absolute Gasteiger partial charge is 0.802 e. The van der Waals surface area contributed by atoms with Gasteiger partial charge in [-0.15, -0.1) is 0 Å². The largest absolute Gasteiger partial charge is 2.00 e. The molecule has 0 aromatic heterocycles. The van der Waals surface area contributed by atoms with Crippen LogP contribution in [0.15, 0.2) is 24.3 Å². The second kappa shape index (κ2) is 44.5. The molecule has 0 aromatic carbocycles. The van der Waals surface area contributed by atoms with Gasteiger partial charge < -0.3 is 18.9 Å². The average Bonchev–Trinajstić information content (AvgIpc) is 2.97. The van der Waals surface area contributed by atoms with E-state index >= 15 is 0 Å². The predicted molar refractivity (Wildman–Crippen MR) is 187 cm³/mol. The van der Waals surface area contributed by atoms with Gasteiger partial charge in [-0.2, -0.15) is 0 Å². The van der Waals surface area contributed by atoms with Gasteiger partial charge in [0, 0.05) is 16.1 Å². The zero-order valence-electron chi connectivity index (χ0n) is 28.5. The van der Waals surface area contributed by atoms with Crippen LogP contribution in [0.4, 0.5) is 0 Å². The Hall–Kier alpha value is 0.354. The van der Waals surface area contributed by atoms with Crippen LogP contribution in [0, 0.1) is 0 Å². The van der Waals surface area contributed by atoms with Crippen molar-refractivity contribution in [2.75, 3.05) is 12.3 Å². The zero-order valence-corrected chi connectivity index (χ0v) is 31.5. The Morgan fingerprint density at radius 3 is 0.814 bits per heavy atom. The van der Waals surface area contributed by atoms with Crippen molar-refractivity contribution in [2.24, 2.45) is 0 Å². The van der Waals surface area contributed by atoms with Gasteiger partial charge in [0.2, 0.25) is 0 Å². The molecular formula is C36H72NiO4P2. The first-order valence-corrected chi connectivity index (χ1v) is 21.3. The molecule has 2 atom stereocenters. The van der Waals surface area contributed by atoms with Crippen LogP contribution in [0.5, 0.6) is 0 Å². The van der Waals surface area contributed by atoms with Crippen LogP contribution in [-0.2, 0) is 25.6 Å². The van der Waals surface area contributed by atoms with E-state index in [0.29, 0.717) is 12.3 Å². The molecule has 0 N–H and O–H groups in total. The molecule has 43 heavy (non-hydrogen) atoms. The molecular weight excluding hydrogens is 617 g/mol. The van der Waals surface area contributed by atoms with E-state index in [0.717, 1.165) is 25.7 Å². The van der Waals surface area contributed by atoms with Gasteiger partial charge in [-0.05, 0) is 76.5 Å². The molecule has 0 aliphatic rings. The molecule has 0 spiro atoms. The predicted octanol–water partition coefficient (Wildman–Crippen LogP) is 11.7. The normalized spacial score (nSPS) is 12.7. The van der Waals surface area contributed by atoms with Crippen molar-refractivity contribution in [3.8, 4) is 0 Å². The van der Waals surface area contributed by atoms with Gasteiger partial charge in [0.1, 0.15) is 0 Å². The van der Waals surface area contributed by atoms with E-state index in [2.05, 4.69) is 38.2 Å². The summed E-state index contributed by atoms with van der Waals surface area (Å²) in [6, 6.07) is 0. The monoisotopic (exact) mass is 688 g/mol. The summed E-state index contributed by atoms with van der Waals surface area (Å²) in [5.41, 5.74) is 0. The molecule has 0 aliphatic carbocycles. The van der Waals surface area contributed by atoms with Crippen LogP contribution in [0.2, 0.25) is 0 Å². The summed E-state index contributed by atoms with van der Waals surface area (Å²) in [6.45, 7) is 4.52. The van der Waals surface area contributed by atoms with Crippen LogP contribution >= 0.6 is 16.1 Å². The molecule has 0 saturated carbocycles. The second-order valence-electron chi connectivity index (χ2n) is 12.1. The summed E-state index contributed by atoms with van der Waals surface area (Å²) in [5, 5.41) is 0. The van der Waals surface area contributed by atoms with Gasteiger partial charge in [0.15, 0.2) is 0 Å². The molecule has 0 aliphatic heterocycles. The Morgan fingerprint density at radius 1 is 0.372 bits per heavy atom. The number of allylic oxidation sites excluding steroid dienone is 4. The third-order valence-electron chi connectivity index (χ3n) is 7.79. The Labute approximate surface area is 280 Å². The Bertz CT molecular complexity index is 562. The van der Waals surface area contributed by atoms with Gasteiger partial charge in [-0.25, -0.2) is 0 Å². The number of rotatable bonds is 32. The molecule has 0 saturated heterocycles. The zero-order chi connectivity index (χ0) is 31.2. The first-order valence-electron chi connectivity index (χ1n) is 18.2. The van der Waals surface area contributed by atoms with E-state index < -0.39 is 16.1 Å². The van der Waals surface area contributed by atoms with E-state index in [1.54, 1.807) is 0 Å². The maximum Gasteiger partial charge on any atom is 2.00 e. The SMILES string of the molecule is CCCCCCCCC=CCCCCCCCC[PH](=O)[O-].CCCCCCCCC=CCCCCCCCC[PH](=O)[O-].[Ni+2]. The summed E-state index contributed by atoms with van der Waals surface area (Å²) < 4.78 is 20.8. The van der Waals surface area contributed by atoms with E-state index in [-0.39, 0.29) is 16.5 Å².